The van der Waals surface area contributed by atoms with Crippen LogP contribution in [0.2, 0.25) is 0 Å². The Labute approximate surface area is 208 Å². The summed E-state index contributed by atoms with van der Waals surface area (Å²) >= 11 is 0. The molecule has 0 aliphatic rings. The maximum Gasteiger partial charge on any atom is 0.251 e. The third-order valence-electron chi connectivity index (χ3n) is 4.64. The van der Waals surface area contributed by atoms with Crippen LogP contribution in [0.15, 0.2) is 53.5 Å². The number of carbonyl (C=O) groups excluding carboxylic acids is 1. The number of hydrogen-bond acceptors (Lipinski definition) is 4. The first-order valence-electron chi connectivity index (χ1n) is 10.6. The van der Waals surface area contributed by atoms with Gasteiger partial charge in [-0.15, -0.1) is 24.0 Å². The van der Waals surface area contributed by atoms with Gasteiger partial charge in [-0.05, 0) is 42.2 Å². The fraction of sp³-hybridized carbons (Fsp3) is 0.417. The lowest BCUT2D eigenvalue weighted by Crippen LogP contribution is -2.37. The Morgan fingerprint density at radius 2 is 1.69 bits per heavy atom. The Balaban J connectivity index is 0.00000512. The second kappa shape index (κ2) is 16.5. The molecule has 2 aromatic rings. The molecule has 0 aliphatic heterocycles. The van der Waals surface area contributed by atoms with Crippen LogP contribution in [0.1, 0.15) is 34.0 Å². The van der Waals surface area contributed by atoms with Crippen molar-refractivity contribution >= 4 is 35.8 Å². The van der Waals surface area contributed by atoms with Gasteiger partial charge in [0.15, 0.2) is 5.96 Å². The van der Waals surface area contributed by atoms with Gasteiger partial charge in [0, 0.05) is 39.4 Å². The Morgan fingerprint density at radius 1 is 0.969 bits per heavy atom. The molecule has 0 aromatic heterocycles. The third kappa shape index (κ3) is 10.4. The SMILES string of the molecule is CCOCCOCc1cccc(CNC(=NC)NCCc2cccc(C(=O)NC)c2)c1.I. The molecule has 0 bridgehead atoms. The van der Waals surface area contributed by atoms with Crippen molar-refractivity contribution in [2.24, 2.45) is 4.99 Å². The van der Waals surface area contributed by atoms with Gasteiger partial charge in [0.2, 0.25) is 0 Å². The Kier molecular flexibility index (Phi) is 14.3. The second-order valence-electron chi connectivity index (χ2n) is 6.95. The van der Waals surface area contributed by atoms with Crippen molar-refractivity contribution in [3.63, 3.8) is 0 Å². The van der Waals surface area contributed by atoms with Gasteiger partial charge in [-0.1, -0.05) is 36.4 Å². The highest BCUT2D eigenvalue weighted by Gasteiger charge is 2.04. The molecule has 0 atom stereocenters. The summed E-state index contributed by atoms with van der Waals surface area (Å²) in [6, 6.07) is 16.0. The molecule has 1 amide bonds. The molecule has 0 saturated carbocycles. The van der Waals surface area contributed by atoms with Crippen LogP contribution in [0.3, 0.4) is 0 Å². The van der Waals surface area contributed by atoms with Gasteiger partial charge in [0.1, 0.15) is 0 Å². The van der Waals surface area contributed by atoms with E-state index in [4.69, 9.17) is 9.47 Å². The number of hydrogen-bond donors (Lipinski definition) is 3. The second-order valence-corrected chi connectivity index (χ2v) is 6.95. The monoisotopic (exact) mass is 554 g/mol. The molecule has 0 unspecified atom stereocenters. The maximum atomic E-state index is 11.8. The smallest absolute Gasteiger partial charge is 0.251 e. The zero-order valence-corrected chi connectivity index (χ0v) is 21.5. The van der Waals surface area contributed by atoms with E-state index in [1.807, 2.05) is 37.3 Å². The number of nitrogens with zero attached hydrogens (tertiary/aromatic N) is 1. The number of aliphatic imine (C=N–C) groups is 1. The Bertz CT molecular complexity index is 845. The van der Waals surface area contributed by atoms with Crippen LogP contribution in [-0.4, -0.2) is 52.3 Å². The average molecular weight is 554 g/mol. The molecule has 0 saturated heterocycles. The van der Waals surface area contributed by atoms with Crippen molar-refractivity contribution in [2.75, 3.05) is 40.5 Å². The van der Waals surface area contributed by atoms with Crippen LogP contribution in [0.25, 0.3) is 0 Å². The molecule has 32 heavy (non-hydrogen) atoms. The molecule has 0 radical (unpaired) electrons. The molecule has 0 heterocycles. The molecule has 2 aromatic carbocycles. The number of carbonyl (C=O) groups is 1. The van der Waals surface area contributed by atoms with Crippen LogP contribution in [0.4, 0.5) is 0 Å². The van der Waals surface area contributed by atoms with Gasteiger partial charge in [-0.3, -0.25) is 9.79 Å². The first-order valence-corrected chi connectivity index (χ1v) is 10.6. The van der Waals surface area contributed by atoms with E-state index in [9.17, 15) is 4.79 Å². The van der Waals surface area contributed by atoms with Crippen molar-refractivity contribution in [3.05, 3.63) is 70.8 Å². The third-order valence-corrected chi connectivity index (χ3v) is 4.64. The average Bonchev–Trinajstić information content (AvgIpc) is 2.81. The van der Waals surface area contributed by atoms with Crippen molar-refractivity contribution in [1.29, 1.82) is 0 Å². The van der Waals surface area contributed by atoms with E-state index in [1.54, 1.807) is 14.1 Å². The van der Waals surface area contributed by atoms with Gasteiger partial charge in [-0.2, -0.15) is 0 Å². The van der Waals surface area contributed by atoms with Gasteiger partial charge in [-0.25, -0.2) is 0 Å². The highest BCUT2D eigenvalue weighted by Crippen LogP contribution is 2.07. The predicted molar refractivity (Wildman–Crippen MR) is 140 cm³/mol. The molecule has 0 aliphatic carbocycles. The standard InChI is InChI=1S/C24H34N4O3.HI/c1-4-30-13-14-31-18-21-9-5-8-20(15-21)17-28-24(26-3)27-12-11-19-7-6-10-22(16-19)23(29)25-2;/h5-10,15-16H,4,11-14,17-18H2,1-3H3,(H,25,29)(H2,26,27,28);1H. The van der Waals surface area contributed by atoms with Gasteiger partial charge < -0.3 is 25.4 Å². The number of rotatable bonds is 12. The van der Waals surface area contributed by atoms with E-state index in [0.29, 0.717) is 45.1 Å². The van der Waals surface area contributed by atoms with Crippen LogP contribution < -0.4 is 16.0 Å². The predicted octanol–water partition coefficient (Wildman–Crippen LogP) is 3.13. The summed E-state index contributed by atoms with van der Waals surface area (Å²) in [5.41, 5.74) is 4.06. The quantitative estimate of drug-likeness (QED) is 0.163. The largest absolute Gasteiger partial charge is 0.379 e. The van der Waals surface area contributed by atoms with E-state index in [1.165, 1.54) is 0 Å². The molecule has 0 fully saturated rings. The molecule has 176 valence electrons. The van der Waals surface area contributed by atoms with Gasteiger partial charge in [0.05, 0.1) is 19.8 Å². The van der Waals surface area contributed by atoms with Crippen molar-refractivity contribution in [1.82, 2.24) is 16.0 Å². The number of guanidine groups is 1. The van der Waals surface area contributed by atoms with E-state index in [2.05, 4.69) is 39.1 Å². The van der Waals surface area contributed by atoms with E-state index in [0.717, 1.165) is 29.1 Å². The van der Waals surface area contributed by atoms with E-state index >= 15 is 0 Å². The van der Waals surface area contributed by atoms with Gasteiger partial charge >= 0.3 is 0 Å². The lowest BCUT2D eigenvalue weighted by atomic mass is 10.1. The summed E-state index contributed by atoms with van der Waals surface area (Å²) in [6.07, 6.45) is 0.792. The first kappa shape index (κ1) is 27.9. The van der Waals surface area contributed by atoms with E-state index < -0.39 is 0 Å². The molecule has 3 N–H and O–H groups in total. The van der Waals surface area contributed by atoms with Crippen molar-refractivity contribution in [3.8, 4) is 0 Å². The first-order chi connectivity index (χ1) is 15.2. The molecule has 2 rings (SSSR count). The summed E-state index contributed by atoms with van der Waals surface area (Å²) in [4.78, 5) is 16.1. The number of benzene rings is 2. The van der Waals surface area contributed by atoms with Crippen molar-refractivity contribution < 1.29 is 14.3 Å². The zero-order chi connectivity index (χ0) is 22.3. The Hall–Kier alpha value is -2.17. The zero-order valence-electron chi connectivity index (χ0n) is 19.1. The minimum Gasteiger partial charge on any atom is -0.379 e. The van der Waals surface area contributed by atoms with Crippen LogP contribution in [0.5, 0.6) is 0 Å². The number of amides is 1. The minimum atomic E-state index is -0.0748. The summed E-state index contributed by atoms with van der Waals surface area (Å²) in [7, 11) is 3.39. The summed E-state index contributed by atoms with van der Waals surface area (Å²) in [5, 5.41) is 9.31. The van der Waals surface area contributed by atoms with E-state index in [-0.39, 0.29) is 29.9 Å². The highest BCUT2D eigenvalue weighted by atomic mass is 127. The van der Waals surface area contributed by atoms with Crippen LogP contribution in [0, 0.1) is 0 Å². The van der Waals surface area contributed by atoms with Crippen LogP contribution in [-0.2, 0) is 29.0 Å². The summed E-state index contributed by atoms with van der Waals surface area (Å²) < 4.78 is 10.9. The summed E-state index contributed by atoms with van der Waals surface area (Å²) in [6.45, 7) is 5.85. The van der Waals surface area contributed by atoms with Crippen molar-refractivity contribution in [2.45, 2.75) is 26.5 Å². The maximum absolute atomic E-state index is 11.8. The van der Waals surface area contributed by atoms with Gasteiger partial charge in [0.25, 0.3) is 5.91 Å². The molecule has 8 heteroatoms. The number of ether oxygens (including phenoxy) is 2. The van der Waals surface area contributed by atoms with Crippen LogP contribution >= 0.6 is 24.0 Å². The minimum absolute atomic E-state index is 0. The fourth-order valence-electron chi connectivity index (χ4n) is 3.03. The lowest BCUT2D eigenvalue weighted by Gasteiger charge is -2.13. The molecular formula is C24H35IN4O3. The normalized spacial score (nSPS) is 10.9. The molecule has 7 nitrogen and oxygen atoms in total. The highest BCUT2D eigenvalue weighted by molar-refractivity contribution is 14.0. The number of halogens is 1. The lowest BCUT2D eigenvalue weighted by molar-refractivity contribution is 0.0453. The topological polar surface area (TPSA) is 84.0 Å². The molecular weight excluding hydrogens is 519 g/mol. The fourth-order valence-corrected chi connectivity index (χ4v) is 3.03. The Morgan fingerprint density at radius 3 is 2.44 bits per heavy atom. The molecule has 0 spiro atoms. The summed E-state index contributed by atoms with van der Waals surface area (Å²) in [5.74, 6) is 0.662. The number of nitrogens with one attached hydrogen (secondary N) is 3.